The van der Waals surface area contributed by atoms with Crippen LogP contribution in [0.3, 0.4) is 0 Å². The Hall–Kier alpha value is -2.93. The fourth-order valence-corrected chi connectivity index (χ4v) is 1.91. The number of rotatable bonds is 5. The molecule has 2 unspecified atom stereocenters. The first-order chi connectivity index (χ1) is 10.4. The third kappa shape index (κ3) is 3.21. The van der Waals surface area contributed by atoms with Gasteiger partial charge in [-0.3, -0.25) is 4.79 Å². The Bertz CT molecular complexity index is 742. The zero-order valence-electron chi connectivity index (χ0n) is 11.3. The minimum absolute atomic E-state index is 0.113. The van der Waals surface area contributed by atoms with Gasteiger partial charge < -0.3 is 20.7 Å². The molecule has 0 saturated carbocycles. The molecule has 0 saturated heterocycles. The summed E-state index contributed by atoms with van der Waals surface area (Å²) < 4.78 is 4.73. The molecule has 0 aliphatic heterocycles. The van der Waals surface area contributed by atoms with E-state index in [9.17, 15) is 14.4 Å². The number of carboxylic acids is 2. The molecule has 4 N–H and O–H groups in total. The number of ether oxygens (including phenoxy) is 1. The highest BCUT2D eigenvalue weighted by molar-refractivity contribution is 5.97. The number of hydrogen-bond acceptors (Lipinski definition) is 5. The number of fused-ring (bicyclic) bond motifs is 1. The predicted octanol–water partition coefficient (Wildman–Crippen LogP) is 0.862. The summed E-state index contributed by atoms with van der Waals surface area (Å²) in [6.45, 7) is 0. The Morgan fingerprint density at radius 3 is 2.18 bits per heavy atom. The van der Waals surface area contributed by atoms with E-state index in [1.54, 1.807) is 18.2 Å². The van der Waals surface area contributed by atoms with Crippen molar-refractivity contribution >= 4 is 28.7 Å². The van der Waals surface area contributed by atoms with Crippen molar-refractivity contribution in [3.8, 4) is 0 Å². The number of carbonyl (C=O) groups is 3. The van der Waals surface area contributed by atoms with Gasteiger partial charge in [-0.25, -0.2) is 9.59 Å². The van der Waals surface area contributed by atoms with Crippen LogP contribution in [0.4, 0.5) is 0 Å². The van der Waals surface area contributed by atoms with E-state index >= 15 is 0 Å². The van der Waals surface area contributed by atoms with E-state index in [4.69, 9.17) is 20.7 Å². The van der Waals surface area contributed by atoms with Crippen molar-refractivity contribution < 1.29 is 29.3 Å². The fraction of sp³-hybridized carbons (Fsp3) is 0.133. The van der Waals surface area contributed by atoms with Crippen LogP contribution in [0.2, 0.25) is 0 Å². The highest BCUT2D eigenvalue weighted by atomic mass is 16.6. The SMILES string of the molecule is NC(C(=O)O)C(OC(=O)c1ccc2ccccc2c1)C(=O)O. The molecule has 7 heteroatoms. The Kier molecular flexibility index (Phi) is 4.38. The first-order valence-corrected chi connectivity index (χ1v) is 6.31. The second kappa shape index (κ2) is 6.23. The van der Waals surface area contributed by atoms with Gasteiger partial charge in [0, 0.05) is 0 Å². The number of carboxylic acid groups (broad SMARTS) is 2. The molecule has 22 heavy (non-hydrogen) atoms. The van der Waals surface area contributed by atoms with Crippen molar-refractivity contribution in [1.29, 1.82) is 0 Å². The van der Waals surface area contributed by atoms with Crippen LogP contribution in [-0.4, -0.2) is 40.3 Å². The van der Waals surface area contributed by atoms with Crippen LogP contribution in [0, 0.1) is 0 Å². The second-order valence-electron chi connectivity index (χ2n) is 4.59. The average Bonchev–Trinajstić information content (AvgIpc) is 2.50. The van der Waals surface area contributed by atoms with Gasteiger partial charge in [0.25, 0.3) is 0 Å². The maximum absolute atomic E-state index is 12.0. The molecule has 2 atom stereocenters. The summed E-state index contributed by atoms with van der Waals surface area (Å²) in [7, 11) is 0. The Labute approximate surface area is 124 Å². The van der Waals surface area contributed by atoms with Gasteiger partial charge in [0.15, 0.2) is 6.04 Å². The van der Waals surface area contributed by atoms with E-state index in [2.05, 4.69) is 0 Å². The lowest BCUT2D eigenvalue weighted by Crippen LogP contribution is -2.48. The van der Waals surface area contributed by atoms with Gasteiger partial charge in [-0.05, 0) is 22.9 Å². The van der Waals surface area contributed by atoms with Gasteiger partial charge in [0.05, 0.1) is 5.56 Å². The van der Waals surface area contributed by atoms with Gasteiger partial charge in [0.1, 0.15) is 0 Å². The average molecular weight is 303 g/mol. The fourth-order valence-electron chi connectivity index (χ4n) is 1.91. The third-order valence-corrected chi connectivity index (χ3v) is 3.07. The van der Waals surface area contributed by atoms with Crippen molar-refractivity contribution in [2.24, 2.45) is 5.73 Å². The van der Waals surface area contributed by atoms with Crippen molar-refractivity contribution in [3.05, 3.63) is 48.0 Å². The lowest BCUT2D eigenvalue weighted by molar-refractivity contribution is -0.155. The molecule has 114 valence electrons. The zero-order valence-corrected chi connectivity index (χ0v) is 11.3. The molecule has 0 aliphatic carbocycles. The minimum Gasteiger partial charge on any atom is -0.480 e. The first kappa shape index (κ1) is 15.5. The summed E-state index contributed by atoms with van der Waals surface area (Å²) in [5.74, 6) is -4.14. The van der Waals surface area contributed by atoms with Crippen LogP contribution >= 0.6 is 0 Å². The molecule has 0 aromatic heterocycles. The van der Waals surface area contributed by atoms with Crippen LogP contribution in [0.5, 0.6) is 0 Å². The third-order valence-electron chi connectivity index (χ3n) is 3.07. The van der Waals surface area contributed by atoms with Gasteiger partial charge in [0.2, 0.25) is 6.10 Å². The molecule has 2 aromatic carbocycles. The minimum atomic E-state index is -1.96. The van der Waals surface area contributed by atoms with Crippen molar-refractivity contribution in [2.75, 3.05) is 0 Å². The van der Waals surface area contributed by atoms with Gasteiger partial charge in [-0.1, -0.05) is 30.3 Å². The maximum Gasteiger partial charge on any atom is 0.347 e. The van der Waals surface area contributed by atoms with Gasteiger partial charge >= 0.3 is 17.9 Å². The number of hydrogen-bond donors (Lipinski definition) is 3. The first-order valence-electron chi connectivity index (χ1n) is 6.31. The highest BCUT2D eigenvalue weighted by Crippen LogP contribution is 2.17. The molecule has 0 radical (unpaired) electrons. The molecular formula is C15H13NO6. The second-order valence-corrected chi connectivity index (χ2v) is 4.59. The molecule has 0 fully saturated rings. The number of nitrogens with two attached hydrogens (primary N) is 1. The Morgan fingerprint density at radius 2 is 1.59 bits per heavy atom. The van der Waals surface area contributed by atoms with Crippen LogP contribution in [-0.2, 0) is 14.3 Å². The summed E-state index contributed by atoms with van der Waals surface area (Å²) in [6.07, 6.45) is -1.96. The largest absolute Gasteiger partial charge is 0.480 e. The standard InChI is InChI=1S/C15H13NO6/c16-11(13(17)18)12(14(19)20)22-15(21)10-6-5-8-3-1-2-4-9(8)7-10/h1-7,11-12H,16H2,(H,17,18)(H,19,20). The predicted molar refractivity (Wildman–Crippen MR) is 76.4 cm³/mol. The Morgan fingerprint density at radius 1 is 0.955 bits per heavy atom. The van der Waals surface area contributed by atoms with Crippen LogP contribution < -0.4 is 5.73 Å². The summed E-state index contributed by atoms with van der Waals surface area (Å²) >= 11 is 0. The van der Waals surface area contributed by atoms with Crippen molar-refractivity contribution in [3.63, 3.8) is 0 Å². The molecule has 7 nitrogen and oxygen atoms in total. The lowest BCUT2D eigenvalue weighted by Gasteiger charge is -2.17. The lowest BCUT2D eigenvalue weighted by atomic mass is 10.1. The van der Waals surface area contributed by atoms with E-state index in [-0.39, 0.29) is 5.56 Å². The molecule has 0 aliphatic rings. The van der Waals surface area contributed by atoms with Gasteiger partial charge in [-0.15, -0.1) is 0 Å². The molecule has 2 aromatic rings. The number of carbonyl (C=O) groups excluding carboxylic acids is 1. The van der Waals surface area contributed by atoms with E-state index in [1.807, 2.05) is 12.1 Å². The molecule has 0 bridgehead atoms. The molecule has 0 spiro atoms. The van der Waals surface area contributed by atoms with Crippen LogP contribution in [0.1, 0.15) is 10.4 Å². The highest BCUT2D eigenvalue weighted by Gasteiger charge is 2.34. The summed E-state index contributed by atoms with van der Waals surface area (Å²) in [5, 5.41) is 19.4. The van der Waals surface area contributed by atoms with E-state index in [1.165, 1.54) is 12.1 Å². The van der Waals surface area contributed by atoms with E-state index in [0.29, 0.717) is 0 Å². The molecule has 2 rings (SSSR count). The molecule has 0 amide bonds. The monoisotopic (exact) mass is 303 g/mol. The summed E-state index contributed by atoms with van der Waals surface area (Å²) in [4.78, 5) is 33.8. The van der Waals surface area contributed by atoms with Gasteiger partial charge in [-0.2, -0.15) is 0 Å². The number of aliphatic carboxylic acids is 2. The summed E-state index contributed by atoms with van der Waals surface area (Å²) in [6, 6.07) is 10.1. The smallest absolute Gasteiger partial charge is 0.347 e. The molecular weight excluding hydrogens is 290 g/mol. The van der Waals surface area contributed by atoms with Crippen molar-refractivity contribution in [2.45, 2.75) is 12.1 Å². The number of benzene rings is 2. The zero-order chi connectivity index (χ0) is 16.3. The normalized spacial score (nSPS) is 13.3. The maximum atomic E-state index is 12.0. The summed E-state index contributed by atoms with van der Waals surface area (Å²) in [5.41, 5.74) is 5.33. The van der Waals surface area contributed by atoms with Crippen molar-refractivity contribution in [1.82, 2.24) is 0 Å². The van der Waals surface area contributed by atoms with E-state index < -0.39 is 30.1 Å². The van der Waals surface area contributed by atoms with Crippen LogP contribution in [0.15, 0.2) is 42.5 Å². The topological polar surface area (TPSA) is 127 Å². The van der Waals surface area contributed by atoms with Crippen LogP contribution in [0.25, 0.3) is 10.8 Å². The Balaban J connectivity index is 2.25. The quantitative estimate of drug-likeness (QED) is 0.699. The van der Waals surface area contributed by atoms with E-state index in [0.717, 1.165) is 10.8 Å². The number of esters is 1. The molecule has 0 heterocycles.